The van der Waals surface area contributed by atoms with E-state index in [1.165, 1.54) is 0 Å². The number of anilines is 1. The van der Waals surface area contributed by atoms with Crippen molar-refractivity contribution in [3.63, 3.8) is 0 Å². The van der Waals surface area contributed by atoms with Gasteiger partial charge in [-0.2, -0.15) is 0 Å². The molecule has 0 atom stereocenters. The van der Waals surface area contributed by atoms with E-state index in [2.05, 4.69) is 15.5 Å². The zero-order valence-electron chi connectivity index (χ0n) is 11.3. The average molecular weight is 259 g/mol. The van der Waals surface area contributed by atoms with E-state index < -0.39 is 0 Å². The molecule has 0 saturated heterocycles. The molecule has 1 heterocycles. The summed E-state index contributed by atoms with van der Waals surface area (Å²) in [5.74, 6) is 2.22. The fourth-order valence-electron chi connectivity index (χ4n) is 1.72. The molecule has 0 aliphatic heterocycles. The first-order chi connectivity index (χ1) is 9.26. The third-order valence-corrected chi connectivity index (χ3v) is 2.67. The van der Waals surface area contributed by atoms with Crippen LogP contribution in [0.2, 0.25) is 0 Å². The van der Waals surface area contributed by atoms with Crippen molar-refractivity contribution in [2.24, 2.45) is 0 Å². The third kappa shape index (κ3) is 3.13. The van der Waals surface area contributed by atoms with Crippen LogP contribution in [-0.2, 0) is 0 Å². The van der Waals surface area contributed by atoms with Crippen LogP contribution in [0.15, 0.2) is 30.3 Å². The van der Waals surface area contributed by atoms with Crippen molar-refractivity contribution in [2.45, 2.75) is 6.92 Å². The lowest BCUT2D eigenvalue weighted by Crippen LogP contribution is -2.00. The third-order valence-electron chi connectivity index (χ3n) is 2.67. The summed E-state index contributed by atoms with van der Waals surface area (Å²) in [6.45, 7) is 2.84. The molecule has 1 aromatic heterocycles. The van der Waals surface area contributed by atoms with Crippen LogP contribution in [0.3, 0.4) is 0 Å². The van der Waals surface area contributed by atoms with E-state index in [1.54, 1.807) is 14.2 Å². The maximum atomic E-state index is 5.24. The van der Waals surface area contributed by atoms with Crippen LogP contribution in [0.1, 0.15) is 6.92 Å². The van der Waals surface area contributed by atoms with Crippen LogP contribution in [0, 0.1) is 0 Å². The minimum atomic E-state index is 0.729. The molecule has 1 N–H and O–H groups in total. The van der Waals surface area contributed by atoms with Crippen molar-refractivity contribution < 1.29 is 9.47 Å². The van der Waals surface area contributed by atoms with E-state index in [9.17, 15) is 0 Å². The summed E-state index contributed by atoms with van der Waals surface area (Å²) in [6.07, 6.45) is 0. The Bertz CT molecular complexity index is 519. The lowest BCUT2D eigenvalue weighted by atomic mass is 10.1. The van der Waals surface area contributed by atoms with Crippen LogP contribution < -0.4 is 14.8 Å². The summed E-state index contributed by atoms with van der Waals surface area (Å²) in [4.78, 5) is 0. The maximum absolute atomic E-state index is 5.24. The number of nitrogens with one attached hydrogen (secondary N) is 1. The summed E-state index contributed by atoms with van der Waals surface area (Å²) in [6, 6.07) is 9.44. The Kier molecular flexibility index (Phi) is 4.18. The van der Waals surface area contributed by atoms with Gasteiger partial charge >= 0.3 is 0 Å². The number of hydrogen-bond acceptors (Lipinski definition) is 5. The molecule has 0 fully saturated rings. The summed E-state index contributed by atoms with van der Waals surface area (Å²) < 4.78 is 10.5. The van der Waals surface area contributed by atoms with E-state index >= 15 is 0 Å². The minimum Gasteiger partial charge on any atom is -0.497 e. The molecule has 0 aliphatic carbocycles. The van der Waals surface area contributed by atoms with Gasteiger partial charge in [-0.05, 0) is 31.2 Å². The second kappa shape index (κ2) is 6.04. The van der Waals surface area contributed by atoms with Gasteiger partial charge in [-0.25, -0.2) is 0 Å². The van der Waals surface area contributed by atoms with Crippen molar-refractivity contribution in [1.29, 1.82) is 0 Å². The summed E-state index contributed by atoms with van der Waals surface area (Å²) in [7, 11) is 3.25. The van der Waals surface area contributed by atoms with Gasteiger partial charge in [0.15, 0.2) is 0 Å². The van der Waals surface area contributed by atoms with E-state index in [0.717, 1.165) is 35.1 Å². The highest BCUT2D eigenvalue weighted by molar-refractivity contribution is 5.64. The highest BCUT2D eigenvalue weighted by Gasteiger charge is 2.06. The van der Waals surface area contributed by atoms with E-state index in [1.807, 2.05) is 37.3 Å². The molecule has 1 aromatic carbocycles. The quantitative estimate of drug-likeness (QED) is 0.894. The molecule has 0 aliphatic rings. The maximum Gasteiger partial charge on any atom is 0.148 e. The molecule has 2 aromatic rings. The van der Waals surface area contributed by atoms with Gasteiger partial charge in [0.1, 0.15) is 17.3 Å². The van der Waals surface area contributed by atoms with Crippen molar-refractivity contribution in [1.82, 2.24) is 10.2 Å². The highest BCUT2D eigenvalue weighted by atomic mass is 16.5. The van der Waals surface area contributed by atoms with Gasteiger partial charge in [-0.1, -0.05) is 0 Å². The first-order valence-electron chi connectivity index (χ1n) is 6.08. The number of hydrogen-bond donors (Lipinski definition) is 1. The zero-order chi connectivity index (χ0) is 13.7. The topological polar surface area (TPSA) is 56.3 Å². The smallest absolute Gasteiger partial charge is 0.148 e. The van der Waals surface area contributed by atoms with Gasteiger partial charge in [-0.15, -0.1) is 10.2 Å². The summed E-state index contributed by atoms with van der Waals surface area (Å²) in [5.41, 5.74) is 1.69. The molecule has 2 rings (SSSR count). The van der Waals surface area contributed by atoms with Gasteiger partial charge in [0.05, 0.1) is 19.9 Å². The summed E-state index contributed by atoms with van der Waals surface area (Å²) >= 11 is 0. The molecule has 0 unspecified atom stereocenters. The average Bonchev–Trinajstić information content (AvgIpc) is 2.47. The second-order valence-electron chi connectivity index (χ2n) is 3.94. The number of nitrogens with zero attached hydrogens (tertiary/aromatic N) is 2. The zero-order valence-corrected chi connectivity index (χ0v) is 11.3. The van der Waals surface area contributed by atoms with Crippen molar-refractivity contribution in [2.75, 3.05) is 26.1 Å². The summed E-state index contributed by atoms with van der Waals surface area (Å²) in [5, 5.41) is 11.4. The van der Waals surface area contributed by atoms with E-state index in [0.29, 0.717) is 0 Å². The van der Waals surface area contributed by atoms with Crippen LogP contribution in [0.25, 0.3) is 11.3 Å². The first-order valence-corrected chi connectivity index (χ1v) is 6.08. The molecule has 0 spiro atoms. The number of methoxy groups -OCH3 is 2. The first kappa shape index (κ1) is 13.1. The van der Waals surface area contributed by atoms with Gasteiger partial charge in [0.2, 0.25) is 0 Å². The molecular formula is C14H17N3O2. The normalized spacial score (nSPS) is 10.1. The fourth-order valence-corrected chi connectivity index (χ4v) is 1.72. The Labute approximate surface area is 112 Å². The number of ether oxygens (including phenoxy) is 2. The van der Waals surface area contributed by atoms with Crippen LogP contribution in [0.5, 0.6) is 11.5 Å². The Morgan fingerprint density at radius 2 is 1.68 bits per heavy atom. The highest BCUT2D eigenvalue weighted by Crippen LogP contribution is 2.28. The van der Waals surface area contributed by atoms with Gasteiger partial charge < -0.3 is 14.8 Å². The number of rotatable bonds is 5. The Morgan fingerprint density at radius 1 is 1.00 bits per heavy atom. The van der Waals surface area contributed by atoms with E-state index in [-0.39, 0.29) is 0 Å². The van der Waals surface area contributed by atoms with Crippen molar-refractivity contribution >= 4 is 5.82 Å². The Hall–Kier alpha value is -2.30. The van der Waals surface area contributed by atoms with E-state index in [4.69, 9.17) is 9.47 Å². The molecule has 5 heteroatoms. The molecule has 0 amide bonds. The molecule has 100 valence electrons. The van der Waals surface area contributed by atoms with Gasteiger partial charge in [0.25, 0.3) is 0 Å². The van der Waals surface area contributed by atoms with Crippen molar-refractivity contribution in [3.8, 4) is 22.8 Å². The second-order valence-corrected chi connectivity index (χ2v) is 3.94. The SMILES string of the molecule is CCNc1ccc(-c2cc(OC)cc(OC)c2)nn1. The molecule has 5 nitrogen and oxygen atoms in total. The largest absolute Gasteiger partial charge is 0.497 e. The molecular weight excluding hydrogens is 242 g/mol. The molecule has 0 radical (unpaired) electrons. The standard InChI is InChI=1S/C14H17N3O2/c1-4-15-14-6-5-13(16-17-14)10-7-11(18-2)9-12(8-10)19-3/h5-9H,4H2,1-3H3,(H,15,17). The molecule has 0 saturated carbocycles. The Balaban J connectivity index is 2.34. The van der Waals surface area contributed by atoms with Crippen LogP contribution in [0.4, 0.5) is 5.82 Å². The van der Waals surface area contributed by atoms with Crippen molar-refractivity contribution in [3.05, 3.63) is 30.3 Å². The van der Waals surface area contributed by atoms with Crippen LogP contribution in [-0.4, -0.2) is 31.0 Å². The fraction of sp³-hybridized carbons (Fsp3) is 0.286. The van der Waals surface area contributed by atoms with Crippen LogP contribution >= 0.6 is 0 Å². The monoisotopic (exact) mass is 259 g/mol. The lowest BCUT2D eigenvalue weighted by molar-refractivity contribution is 0.394. The van der Waals surface area contributed by atoms with Gasteiger partial charge in [0, 0.05) is 18.2 Å². The van der Waals surface area contributed by atoms with Gasteiger partial charge in [-0.3, -0.25) is 0 Å². The predicted octanol–water partition coefficient (Wildman–Crippen LogP) is 2.59. The molecule has 0 bridgehead atoms. The number of aromatic nitrogens is 2. The number of benzene rings is 1. The Morgan fingerprint density at radius 3 is 2.16 bits per heavy atom. The lowest BCUT2D eigenvalue weighted by Gasteiger charge is -2.08. The predicted molar refractivity (Wildman–Crippen MR) is 74.7 cm³/mol. The minimum absolute atomic E-state index is 0.729. The molecule has 19 heavy (non-hydrogen) atoms.